The zero-order valence-corrected chi connectivity index (χ0v) is 15.2. The van der Waals surface area contributed by atoms with Crippen molar-refractivity contribution in [1.29, 1.82) is 0 Å². The number of hydrogen-bond donors (Lipinski definition) is 1. The Balaban J connectivity index is 1.71. The summed E-state index contributed by atoms with van der Waals surface area (Å²) in [4.78, 5) is 16.7. The van der Waals surface area contributed by atoms with Crippen molar-refractivity contribution in [2.75, 3.05) is 7.11 Å². The fourth-order valence-electron chi connectivity index (χ4n) is 2.81. The molecule has 0 radical (unpaired) electrons. The van der Waals surface area contributed by atoms with Crippen molar-refractivity contribution in [2.24, 2.45) is 0 Å². The van der Waals surface area contributed by atoms with Crippen LogP contribution in [0.5, 0.6) is 5.75 Å². The van der Waals surface area contributed by atoms with E-state index in [1.54, 1.807) is 13.3 Å². The predicted octanol–water partition coefficient (Wildman–Crippen LogP) is 4.56. The van der Waals surface area contributed by atoms with Crippen molar-refractivity contribution in [2.45, 2.75) is 19.9 Å². The van der Waals surface area contributed by atoms with E-state index in [2.05, 4.69) is 10.3 Å². The Morgan fingerprint density at radius 2 is 1.81 bits per heavy atom. The fourth-order valence-corrected chi connectivity index (χ4v) is 2.81. The highest BCUT2D eigenvalue weighted by Crippen LogP contribution is 2.21. The van der Waals surface area contributed by atoms with Crippen molar-refractivity contribution in [3.8, 4) is 16.9 Å². The van der Waals surface area contributed by atoms with Gasteiger partial charge in [0, 0.05) is 17.5 Å². The number of nitrogens with one attached hydrogen (secondary N) is 1. The van der Waals surface area contributed by atoms with Crippen molar-refractivity contribution >= 4 is 5.91 Å². The molecule has 1 aromatic heterocycles. The maximum Gasteiger partial charge on any atom is 0.251 e. The van der Waals surface area contributed by atoms with Gasteiger partial charge in [-0.05, 0) is 66.9 Å². The minimum absolute atomic E-state index is 0.0993. The largest absolute Gasteiger partial charge is 0.497 e. The van der Waals surface area contributed by atoms with Crippen LogP contribution in [0.1, 0.15) is 34.6 Å². The van der Waals surface area contributed by atoms with Gasteiger partial charge in [-0.15, -0.1) is 0 Å². The van der Waals surface area contributed by atoms with Gasteiger partial charge < -0.3 is 10.1 Å². The summed E-state index contributed by atoms with van der Waals surface area (Å²) in [6.45, 7) is 3.92. The van der Waals surface area contributed by atoms with E-state index >= 15 is 0 Å². The molecule has 0 saturated carbocycles. The molecule has 1 unspecified atom stereocenters. The zero-order chi connectivity index (χ0) is 18.5. The van der Waals surface area contributed by atoms with Crippen LogP contribution in [0.15, 0.2) is 66.9 Å². The summed E-state index contributed by atoms with van der Waals surface area (Å²) in [7, 11) is 1.63. The summed E-state index contributed by atoms with van der Waals surface area (Å²) in [5.74, 6) is 0.679. The van der Waals surface area contributed by atoms with E-state index < -0.39 is 0 Å². The Morgan fingerprint density at radius 1 is 1.04 bits per heavy atom. The third-order valence-electron chi connectivity index (χ3n) is 4.32. The average molecular weight is 346 g/mol. The average Bonchev–Trinajstić information content (AvgIpc) is 2.68. The van der Waals surface area contributed by atoms with Crippen LogP contribution in [0.4, 0.5) is 0 Å². The van der Waals surface area contributed by atoms with Crippen LogP contribution in [0.25, 0.3) is 11.1 Å². The third-order valence-corrected chi connectivity index (χ3v) is 4.32. The second kappa shape index (κ2) is 7.83. The lowest BCUT2D eigenvalue weighted by Gasteiger charge is -2.15. The zero-order valence-electron chi connectivity index (χ0n) is 15.2. The van der Waals surface area contributed by atoms with Gasteiger partial charge in [-0.2, -0.15) is 0 Å². The number of ether oxygens (including phenoxy) is 1. The quantitative estimate of drug-likeness (QED) is 0.737. The van der Waals surface area contributed by atoms with E-state index in [-0.39, 0.29) is 11.9 Å². The number of hydrogen-bond acceptors (Lipinski definition) is 3. The Morgan fingerprint density at radius 3 is 2.50 bits per heavy atom. The molecule has 2 aromatic carbocycles. The topological polar surface area (TPSA) is 51.2 Å². The smallest absolute Gasteiger partial charge is 0.251 e. The molecular weight excluding hydrogens is 324 g/mol. The van der Waals surface area contributed by atoms with Crippen LogP contribution in [0.2, 0.25) is 0 Å². The molecule has 4 heteroatoms. The van der Waals surface area contributed by atoms with Crippen LogP contribution >= 0.6 is 0 Å². The molecule has 4 nitrogen and oxygen atoms in total. The van der Waals surface area contributed by atoms with Gasteiger partial charge in [-0.1, -0.05) is 24.3 Å². The molecule has 3 aromatic rings. The first-order chi connectivity index (χ1) is 12.6. The van der Waals surface area contributed by atoms with Crippen LogP contribution in [-0.2, 0) is 0 Å². The van der Waals surface area contributed by atoms with Crippen LogP contribution in [-0.4, -0.2) is 18.0 Å². The minimum atomic E-state index is -0.111. The summed E-state index contributed by atoms with van der Waals surface area (Å²) in [6.07, 6.45) is 1.79. The second-order valence-corrected chi connectivity index (χ2v) is 6.24. The van der Waals surface area contributed by atoms with Crippen molar-refractivity contribution in [3.63, 3.8) is 0 Å². The minimum Gasteiger partial charge on any atom is -0.497 e. The van der Waals surface area contributed by atoms with Gasteiger partial charge >= 0.3 is 0 Å². The van der Waals surface area contributed by atoms with E-state index in [9.17, 15) is 4.79 Å². The van der Waals surface area contributed by atoms with Crippen molar-refractivity contribution in [1.82, 2.24) is 10.3 Å². The van der Waals surface area contributed by atoms with Crippen LogP contribution in [0, 0.1) is 6.92 Å². The second-order valence-electron chi connectivity index (χ2n) is 6.24. The Hall–Kier alpha value is -3.14. The number of amides is 1. The maximum atomic E-state index is 12.5. The van der Waals surface area contributed by atoms with Crippen molar-refractivity contribution in [3.05, 3.63) is 83.7 Å². The number of aromatic nitrogens is 1. The van der Waals surface area contributed by atoms with E-state index in [0.29, 0.717) is 5.56 Å². The fraction of sp³-hybridized carbons (Fsp3) is 0.182. The molecule has 26 heavy (non-hydrogen) atoms. The monoisotopic (exact) mass is 346 g/mol. The standard InChI is InChI=1S/C22H22N2O2/c1-15-13-20(11-12-23-15)17-7-9-18(10-8-17)22(25)24-16(2)19-5-4-6-21(14-19)26-3/h4-14,16H,1-3H3,(H,24,25). The summed E-state index contributed by atoms with van der Waals surface area (Å²) >= 11 is 0. The van der Waals surface area contributed by atoms with E-state index in [4.69, 9.17) is 4.74 Å². The number of benzene rings is 2. The maximum absolute atomic E-state index is 12.5. The summed E-state index contributed by atoms with van der Waals surface area (Å²) in [5, 5.41) is 3.03. The highest BCUT2D eigenvalue weighted by atomic mass is 16.5. The number of carbonyl (C=O) groups is 1. The van der Waals surface area contributed by atoms with Gasteiger partial charge in [0.1, 0.15) is 5.75 Å². The molecule has 0 aliphatic heterocycles. The first kappa shape index (κ1) is 17.7. The lowest BCUT2D eigenvalue weighted by Crippen LogP contribution is -2.26. The SMILES string of the molecule is COc1cccc(C(C)NC(=O)c2ccc(-c3ccnc(C)c3)cc2)c1. The predicted molar refractivity (Wildman–Crippen MR) is 103 cm³/mol. The Bertz CT molecular complexity index is 904. The molecule has 1 N–H and O–H groups in total. The summed E-state index contributed by atoms with van der Waals surface area (Å²) in [6, 6.07) is 19.2. The molecule has 1 amide bonds. The first-order valence-corrected chi connectivity index (χ1v) is 8.55. The highest BCUT2D eigenvalue weighted by molar-refractivity contribution is 5.95. The number of carbonyl (C=O) groups excluding carboxylic acids is 1. The molecule has 132 valence electrons. The lowest BCUT2D eigenvalue weighted by atomic mass is 10.0. The van der Waals surface area contributed by atoms with Crippen LogP contribution in [0.3, 0.4) is 0 Å². The van der Waals surface area contributed by atoms with E-state index in [0.717, 1.165) is 28.1 Å². The molecule has 0 aliphatic rings. The molecule has 0 fully saturated rings. The normalized spacial score (nSPS) is 11.7. The van der Waals surface area contributed by atoms with E-state index in [1.165, 1.54) is 0 Å². The van der Waals surface area contributed by atoms with Gasteiger partial charge in [0.05, 0.1) is 13.2 Å². The first-order valence-electron chi connectivity index (χ1n) is 8.55. The van der Waals surface area contributed by atoms with Crippen molar-refractivity contribution < 1.29 is 9.53 Å². The number of pyridine rings is 1. The molecule has 1 atom stereocenters. The van der Waals surface area contributed by atoms with Crippen LogP contribution < -0.4 is 10.1 Å². The van der Waals surface area contributed by atoms with Gasteiger partial charge in [-0.3, -0.25) is 9.78 Å². The van der Waals surface area contributed by atoms with E-state index in [1.807, 2.05) is 74.5 Å². The number of methoxy groups -OCH3 is 1. The highest BCUT2D eigenvalue weighted by Gasteiger charge is 2.12. The number of nitrogens with zero attached hydrogens (tertiary/aromatic N) is 1. The van der Waals surface area contributed by atoms with Gasteiger partial charge in [0.25, 0.3) is 5.91 Å². The van der Waals surface area contributed by atoms with Gasteiger partial charge in [-0.25, -0.2) is 0 Å². The summed E-state index contributed by atoms with van der Waals surface area (Å²) in [5.41, 5.74) is 4.76. The molecule has 1 heterocycles. The lowest BCUT2D eigenvalue weighted by molar-refractivity contribution is 0.0940. The molecular formula is C22H22N2O2. The molecule has 0 aliphatic carbocycles. The molecule has 3 rings (SSSR count). The molecule has 0 spiro atoms. The number of rotatable bonds is 5. The Kier molecular flexibility index (Phi) is 5.32. The summed E-state index contributed by atoms with van der Waals surface area (Å²) < 4.78 is 5.24. The third kappa shape index (κ3) is 4.09. The van der Waals surface area contributed by atoms with Gasteiger partial charge in [0.15, 0.2) is 0 Å². The van der Waals surface area contributed by atoms with Gasteiger partial charge in [0.2, 0.25) is 0 Å². The molecule has 0 saturated heterocycles. The molecule has 0 bridgehead atoms. The Labute approximate surface area is 153 Å². The number of aryl methyl sites for hydroxylation is 1.